The maximum Gasteiger partial charge on any atom is 0.0717 e. The molecule has 1 aromatic rings. The van der Waals surface area contributed by atoms with Gasteiger partial charge in [0.2, 0.25) is 0 Å². The molecule has 0 saturated heterocycles. The third kappa shape index (κ3) is 7.94. The monoisotopic (exact) mass is 235 g/mol. The highest BCUT2D eigenvalue weighted by molar-refractivity contribution is 5.13. The third-order valence-electron chi connectivity index (χ3n) is 2.67. The van der Waals surface area contributed by atoms with Gasteiger partial charge in [-0.15, -0.1) is 0 Å². The van der Waals surface area contributed by atoms with Crippen molar-refractivity contribution in [2.75, 3.05) is 19.7 Å². The summed E-state index contributed by atoms with van der Waals surface area (Å²) in [4.78, 5) is 0. The van der Waals surface area contributed by atoms with Crippen LogP contribution in [-0.2, 0) is 11.3 Å². The molecule has 2 nitrogen and oxygen atoms in total. The average Bonchev–Trinajstić information content (AvgIpc) is 2.33. The molecule has 0 aliphatic carbocycles. The van der Waals surface area contributed by atoms with E-state index >= 15 is 0 Å². The highest BCUT2D eigenvalue weighted by Gasteiger charge is 1.94. The van der Waals surface area contributed by atoms with Crippen LogP contribution in [0.2, 0.25) is 0 Å². The van der Waals surface area contributed by atoms with Gasteiger partial charge in [-0.2, -0.15) is 0 Å². The number of hydrogen-bond donors (Lipinski definition) is 1. The van der Waals surface area contributed by atoms with Crippen molar-refractivity contribution in [1.29, 1.82) is 0 Å². The van der Waals surface area contributed by atoms with Gasteiger partial charge in [-0.05, 0) is 30.9 Å². The van der Waals surface area contributed by atoms with Crippen LogP contribution in [0.5, 0.6) is 0 Å². The molecule has 0 aromatic heterocycles. The Morgan fingerprint density at radius 3 is 2.59 bits per heavy atom. The molecular formula is C15H25NO. The van der Waals surface area contributed by atoms with Gasteiger partial charge >= 0.3 is 0 Å². The van der Waals surface area contributed by atoms with Gasteiger partial charge < -0.3 is 10.1 Å². The molecule has 17 heavy (non-hydrogen) atoms. The number of hydrogen-bond acceptors (Lipinski definition) is 2. The van der Waals surface area contributed by atoms with E-state index in [9.17, 15) is 0 Å². The Hall–Kier alpha value is -0.860. The molecule has 0 spiro atoms. The van der Waals surface area contributed by atoms with E-state index in [1.807, 2.05) is 18.2 Å². The minimum atomic E-state index is 0.717. The van der Waals surface area contributed by atoms with Crippen LogP contribution in [-0.4, -0.2) is 19.7 Å². The molecule has 0 atom stereocenters. The Balaban J connectivity index is 1.88. The number of benzene rings is 1. The molecule has 0 aliphatic rings. The Morgan fingerprint density at radius 2 is 1.88 bits per heavy atom. The van der Waals surface area contributed by atoms with Gasteiger partial charge in [0.15, 0.2) is 0 Å². The Bertz CT molecular complexity index is 272. The summed E-state index contributed by atoms with van der Waals surface area (Å²) >= 11 is 0. The van der Waals surface area contributed by atoms with Crippen LogP contribution in [0.15, 0.2) is 30.3 Å². The lowest BCUT2D eigenvalue weighted by atomic mass is 10.1. The van der Waals surface area contributed by atoms with Crippen molar-refractivity contribution in [2.45, 2.75) is 33.3 Å². The van der Waals surface area contributed by atoms with Crippen LogP contribution in [0.25, 0.3) is 0 Å². The minimum absolute atomic E-state index is 0.717. The number of ether oxygens (including phenoxy) is 1. The van der Waals surface area contributed by atoms with Gasteiger partial charge in [0.1, 0.15) is 0 Å². The second-order valence-corrected chi connectivity index (χ2v) is 4.82. The van der Waals surface area contributed by atoms with Gasteiger partial charge in [0.25, 0.3) is 0 Å². The molecule has 0 fully saturated rings. The molecular weight excluding hydrogens is 210 g/mol. The zero-order valence-electron chi connectivity index (χ0n) is 11.1. The Labute approximate surface area is 105 Å². The fraction of sp³-hybridized carbons (Fsp3) is 0.600. The molecule has 0 amide bonds. The first-order valence-corrected chi connectivity index (χ1v) is 6.61. The van der Waals surface area contributed by atoms with Crippen molar-refractivity contribution in [2.24, 2.45) is 5.92 Å². The topological polar surface area (TPSA) is 21.3 Å². The SMILES string of the molecule is CC(C)CCCNCCOCc1ccccc1. The summed E-state index contributed by atoms with van der Waals surface area (Å²) in [5.74, 6) is 0.811. The molecule has 0 bridgehead atoms. The fourth-order valence-electron chi connectivity index (χ4n) is 1.67. The summed E-state index contributed by atoms with van der Waals surface area (Å²) in [7, 11) is 0. The van der Waals surface area contributed by atoms with Gasteiger partial charge in [0.05, 0.1) is 13.2 Å². The summed E-state index contributed by atoms with van der Waals surface area (Å²) < 4.78 is 5.58. The highest BCUT2D eigenvalue weighted by Crippen LogP contribution is 2.02. The summed E-state index contributed by atoms with van der Waals surface area (Å²) in [5, 5.41) is 3.40. The molecule has 0 unspecified atom stereocenters. The molecule has 1 rings (SSSR count). The number of rotatable bonds is 9. The van der Waals surface area contributed by atoms with Gasteiger partial charge in [-0.3, -0.25) is 0 Å². The first-order valence-electron chi connectivity index (χ1n) is 6.61. The maximum absolute atomic E-state index is 5.58. The van der Waals surface area contributed by atoms with Crippen molar-refractivity contribution >= 4 is 0 Å². The van der Waals surface area contributed by atoms with Crippen LogP contribution >= 0.6 is 0 Å². The van der Waals surface area contributed by atoms with Crippen molar-refractivity contribution in [3.63, 3.8) is 0 Å². The van der Waals surface area contributed by atoms with Gasteiger partial charge in [0, 0.05) is 6.54 Å². The van der Waals surface area contributed by atoms with Crippen LogP contribution in [0, 0.1) is 5.92 Å². The lowest BCUT2D eigenvalue weighted by Crippen LogP contribution is -2.21. The summed E-state index contributed by atoms with van der Waals surface area (Å²) in [6.45, 7) is 8.09. The molecule has 1 aromatic carbocycles. The zero-order chi connectivity index (χ0) is 12.3. The smallest absolute Gasteiger partial charge is 0.0717 e. The normalized spacial score (nSPS) is 11.0. The van der Waals surface area contributed by atoms with Crippen molar-refractivity contribution in [3.05, 3.63) is 35.9 Å². The maximum atomic E-state index is 5.58. The van der Waals surface area contributed by atoms with E-state index in [1.54, 1.807) is 0 Å². The predicted octanol–water partition coefficient (Wildman–Crippen LogP) is 3.23. The molecule has 2 heteroatoms. The molecule has 0 radical (unpaired) electrons. The predicted molar refractivity (Wildman–Crippen MR) is 73.0 cm³/mol. The van der Waals surface area contributed by atoms with E-state index in [-0.39, 0.29) is 0 Å². The van der Waals surface area contributed by atoms with Crippen molar-refractivity contribution in [1.82, 2.24) is 5.32 Å². The molecule has 0 heterocycles. The van der Waals surface area contributed by atoms with Crippen LogP contribution in [0.3, 0.4) is 0 Å². The minimum Gasteiger partial charge on any atom is -0.375 e. The average molecular weight is 235 g/mol. The lowest BCUT2D eigenvalue weighted by Gasteiger charge is -2.07. The van der Waals surface area contributed by atoms with E-state index in [4.69, 9.17) is 4.74 Å². The van der Waals surface area contributed by atoms with E-state index in [1.165, 1.54) is 18.4 Å². The van der Waals surface area contributed by atoms with E-state index in [2.05, 4.69) is 31.3 Å². The van der Waals surface area contributed by atoms with Gasteiger partial charge in [-0.1, -0.05) is 44.2 Å². The van der Waals surface area contributed by atoms with Crippen molar-refractivity contribution < 1.29 is 4.74 Å². The number of nitrogens with one attached hydrogen (secondary N) is 1. The Kier molecular flexibility index (Phi) is 7.69. The Morgan fingerprint density at radius 1 is 1.12 bits per heavy atom. The van der Waals surface area contributed by atoms with Crippen molar-refractivity contribution in [3.8, 4) is 0 Å². The molecule has 1 N–H and O–H groups in total. The summed E-state index contributed by atoms with van der Waals surface area (Å²) in [5.41, 5.74) is 1.24. The first kappa shape index (κ1) is 14.2. The largest absolute Gasteiger partial charge is 0.375 e. The second-order valence-electron chi connectivity index (χ2n) is 4.82. The third-order valence-corrected chi connectivity index (χ3v) is 2.67. The molecule has 0 saturated carbocycles. The molecule has 0 aliphatic heterocycles. The van der Waals surface area contributed by atoms with E-state index < -0.39 is 0 Å². The lowest BCUT2D eigenvalue weighted by molar-refractivity contribution is 0.122. The quantitative estimate of drug-likeness (QED) is 0.664. The van der Waals surface area contributed by atoms with E-state index in [0.29, 0.717) is 6.61 Å². The summed E-state index contributed by atoms with van der Waals surface area (Å²) in [6, 6.07) is 10.3. The fourth-order valence-corrected chi connectivity index (χ4v) is 1.67. The van der Waals surface area contributed by atoms with Crippen LogP contribution in [0.1, 0.15) is 32.3 Å². The van der Waals surface area contributed by atoms with Crippen LogP contribution < -0.4 is 5.32 Å². The first-order chi connectivity index (χ1) is 8.29. The van der Waals surface area contributed by atoms with Crippen LogP contribution in [0.4, 0.5) is 0 Å². The van der Waals surface area contributed by atoms with Gasteiger partial charge in [-0.25, -0.2) is 0 Å². The molecule has 96 valence electrons. The zero-order valence-corrected chi connectivity index (χ0v) is 11.1. The summed E-state index contributed by atoms with van der Waals surface area (Å²) in [6.07, 6.45) is 2.56. The standard InChI is InChI=1S/C15H25NO/c1-14(2)7-6-10-16-11-12-17-13-15-8-4-3-5-9-15/h3-5,8-9,14,16H,6-7,10-13H2,1-2H3. The second kappa shape index (κ2) is 9.20. The van der Waals surface area contributed by atoms with E-state index in [0.717, 1.165) is 25.6 Å². The highest BCUT2D eigenvalue weighted by atomic mass is 16.5.